The summed E-state index contributed by atoms with van der Waals surface area (Å²) in [7, 11) is 0. The predicted molar refractivity (Wildman–Crippen MR) is 356 cm³/mol. The van der Waals surface area contributed by atoms with Crippen molar-refractivity contribution in [3.8, 4) is 0 Å². The summed E-state index contributed by atoms with van der Waals surface area (Å²) in [6.07, 6.45) is 2.10. The van der Waals surface area contributed by atoms with E-state index in [0.29, 0.717) is 38.6 Å². The lowest BCUT2D eigenvalue weighted by atomic mass is 10.0. The molecule has 0 aromatic heterocycles. The normalized spacial score (nSPS) is 19.1. The summed E-state index contributed by atoms with van der Waals surface area (Å²) < 4.78 is 0. The van der Waals surface area contributed by atoms with Gasteiger partial charge in [0.25, 0.3) is 0 Å². The van der Waals surface area contributed by atoms with Crippen LogP contribution < -0.4 is 92.1 Å². The van der Waals surface area contributed by atoms with Gasteiger partial charge in [-0.2, -0.15) is 0 Å². The Labute approximate surface area is 575 Å². The Morgan fingerprint density at radius 1 is 0.444 bits per heavy atom. The highest BCUT2D eigenvalue weighted by Crippen LogP contribution is 2.23. The summed E-state index contributed by atoms with van der Waals surface area (Å²) in [6.45, 7) is 14.4. The van der Waals surface area contributed by atoms with Gasteiger partial charge in [-0.1, -0.05) is 27.7 Å². The second-order valence-corrected chi connectivity index (χ2v) is 26.0. The van der Waals surface area contributed by atoms with Crippen molar-refractivity contribution in [1.29, 1.82) is 5.41 Å². The SMILES string of the molecule is CC(C)[C@H](NC(=O)[C@H](C)NC(=O)[C@H](CCCNC(=N)N)NC(=O)[C@@H]1CCCN1C(=O)[C@H](CCCCN)NC(=O)[C@H](C)NC(=O)[C@H](CCC(N)=O)NC(=O)[C@@H]1CCCN1C(=O)[C@@H](NC(=O)[C@@H]1CCCN1)C(C)C)C(=O)N[C@@H](C)C(=O)N[C@@H](C)C(=O)N[C@@H](C)C(=O)N[C@@H](CCC(N)=O)C(=O)O. The van der Waals surface area contributed by atoms with Crippen molar-refractivity contribution >= 4 is 101 Å². The second kappa shape index (κ2) is 41.2. The zero-order chi connectivity index (χ0) is 74.5. The van der Waals surface area contributed by atoms with Gasteiger partial charge in [0.1, 0.15) is 78.5 Å². The molecular formula is C62H106N20O17. The first-order chi connectivity index (χ1) is 46.5. The van der Waals surface area contributed by atoms with Crippen LogP contribution in [-0.4, -0.2) is 233 Å². The molecule has 99 heavy (non-hydrogen) atoms. The van der Waals surface area contributed by atoms with Crippen LogP contribution >= 0.6 is 0 Å². The maximum Gasteiger partial charge on any atom is 0.326 e. The number of nitrogens with zero attached hydrogens (tertiary/aromatic N) is 2. The fourth-order valence-corrected chi connectivity index (χ4v) is 11.2. The molecule has 3 aliphatic heterocycles. The monoisotopic (exact) mass is 1400 g/mol. The fourth-order valence-electron chi connectivity index (χ4n) is 11.2. The predicted octanol–water partition coefficient (Wildman–Crippen LogP) is -6.53. The molecule has 23 N–H and O–H groups in total. The number of guanidine groups is 1. The number of aliphatic carboxylic acids is 1. The van der Waals surface area contributed by atoms with Crippen molar-refractivity contribution < 1.29 is 81.8 Å². The quantitative estimate of drug-likeness (QED) is 0.0154. The van der Waals surface area contributed by atoms with Gasteiger partial charge in [0.15, 0.2) is 5.96 Å². The lowest BCUT2D eigenvalue weighted by Crippen LogP contribution is -2.60. The molecule has 0 aliphatic carbocycles. The van der Waals surface area contributed by atoms with Crippen molar-refractivity contribution in [3.05, 3.63) is 0 Å². The molecule has 15 amide bonds. The number of carbonyl (C=O) groups excluding carboxylic acids is 15. The highest BCUT2D eigenvalue weighted by atomic mass is 16.4. The molecule has 3 fully saturated rings. The van der Waals surface area contributed by atoms with Crippen LogP contribution in [0.4, 0.5) is 0 Å². The summed E-state index contributed by atoms with van der Waals surface area (Å²) in [5.41, 5.74) is 21.8. The molecule has 0 aromatic rings. The van der Waals surface area contributed by atoms with Crippen molar-refractivity contribution in [1.82, 2.24) is 78.9 Å². The van der Waals surface area contributed by atoms with Gasteiger partial charge < -0.3 is 107 Å². The van der Waals surface area contributed by atoms with Crippen LogP contribution in [0.5, 0.6) is 0 Å². The largest absolute Gasteiger partial charge is 0.480 e. The van der Waals surface area contributed by atoms with E-state index in [1.54, 1.807) is 27.7 Å². The molecule has 3 aliphatic rings. The van der Waals surface area contributed by atoms with Crippen LogP contribution in [0.15, 0.2) is 0 Å². The van der Waals surface area contributed by atoms with Gasteiger partial charge in [0, 0.05) is 32.5 Å². The maximum absolute atomic E-state index is 14.6. The summed E-state index contributed by atoms with van der Waals surface area (Å²) in [4.78, 5) is 216. The Hall–Kier alpha value is -9.29. The third-order valence-electron chi connectivity index (χ3n) is 17.1. The van der Waals surface area contributed by atoms with Crippen LogP contribution in [0.1, 0.15) is 159 Å². The van der Waals surface area contributed by atoms with Gasteiger partial charge in [0.2, 0.25) is 88.6 Å². The summed E-state index contributed by atoms with van der Waals surface area (Å²) in [5, 5.41) is 50.6. The number of primary amides is 2. The van der Waals surface area contributed by atoms with E-state index in [-0.39, 0.29) is 102 Å². The average Bonchev–Trinajstić information content (AvgIpc) is 1.74. The Morgan fingerprint density at radius 2 is 0.859 bits per heavy atom. The molecule has 37 heteroatoms. The van der Waals surface area contributed by atoms with Gasteiger partial charge in [-0.25, -0.2) is 4.79 Å². The maximum atomic E-state index is 14.6. The van der Waals surface area contributed by atoms with Gasteiger partial charge in [-0.15, -0.1) is 0 Å². The number of hydrogen-bond donors (Lipinski definition) is 19. The number of hydrogen-bond acceptors (Lipinski definition) is 19. The zero-order valence-electron chi connectivity index (χ0n) is 58.1. The van der Waals surface area contributed by atoms with Gasteiger partial charge in [-0.3, -0.25) is 77.3 Å². The number of carboxylic acids is 1. The highest BCUT2D eigenvalue weighted by molar-refractivity contribution is 6.00. The van der Waals surface area contributed by atoms with Crippen molar-refractivity contribution in [2.45, 2.75) is 243 Å². The van der Waals surface area contributed by atoms with E-state index in [9.17, 15) is 81.8 Å². The molecule has 0 unspecified atom stereocenters. The fraction of sp³-hybridized carbons (Fsp3) is 0.726. The highest BCUT2D eigenvalue weighted by Gasteiger charge is 2.43. The first-order valence-corrected chi connectivity index (χ1v) is 33.8. The van der Waals surface area contributed by atoms with Crippen molar-refractivity contribution in [2.75, 3.05) is 32.7 Å². The zero-order valence-corrected chi connectivity index (χ0v) is 58.1. The van der Waals surface area contributed by atoms with Crippen molar-refractivity contribution in [2.24, 2.45) is 34.8 Å². The second-order valence-electron chi connectivity index (χ2n) is 26.0. The molecule has 3 saturated heterocycles. The van der Waals surface area contributed by atoms with E-state index in [1.807, 2.05) is 0 Å². The van der Waals surface area contributed by atoms with E-state index in [1.165, 1.54) is 44.4 Å². The van der Waals surface area contributed by atoms with Crippen LogP contribution in [0.2, 0.25) is 0 Å². The first kappa shape index (κ1) is 83.9. The minimum Gasteiger partial charge on any atom is -0.480 e. The van der Waals surface area contributed by atoms with Crippen LogP contribution in [0, 0.1) is 17.2 Å². The number of amides is 15. The van der Waals surface area contributed by atoms with E-state index in [0.717, 1.165) is 6.42 Å². The Kier molecular flexibility index (Phi) is 34.9. The lowest BCUT2D eigenvalue weighted by Gasteiger charge is -2.32. The van der Waals surface area contributed by atoms with E-state index in [2.05, 4.69) is 69.1 Å². The average molecular weight is 1400 g/mol. The lowest BCUT2D eigenvalue weighted by molar-refractivity contribution is -0.143. The third-order valence-corrected chi connectivity index (χ3v) is 17.1. The number of nitrogens with two attached hydrogens (primary N) is 4. The minimum absolute atomic E-state index is 0.0375. The summed E-state index contributed by atoms with van der Waals surface area (Å²) >= 11 is 0. The topological polar surface area (TPSA) is 584 Å². The molecule has 37 nitrogen and oxygen atoms in total. The number of rotatable bonds is 41. The smallest absolute Gasteiger partial charge is 0.326 e. The molecule has 0 saturated carbocycles. The molecule has 556 valence electrons. The van der Waals surface area contributed by atoms with Crippen LogP contribution in [-0.2, 0) is 76.7 Å². The summed E-state index contributed by atoms with van der Waals surface area (Å²) in [5.74, 6) is -14.2. The van der Waals surface area contributed by atoms with E-state index >= 15 is 0 Å². The molecule has 0 bridgehead atoms. The standard InChI is InChI=1S/C62H106N20O17/c1-30(2)46(58(95)74-33(6)49(86)70-32(5)48(85)71-34(7)51(88)78-41(61(98)99)22-24-45(65)84)79-52(89)36(9)73-54(91)38(18-13-27-69-62(66)67)75-56(93)42-19-14-28-81(42)59(96)40(16-10-11-25-63)77-50(87)35(8)72-55(92)39(21-23-44(64)83)76-57(94)43-20-15-29-82(43)60(97)47(31(3)4)80-53(90)37-17-12-26-68-37/h30-43,46-47,68H,10-29,63H2,1-9H3,(H2,64,83)(H2,65,84)(H,70,86)(H,71,85)(H,72,92)(H,73,91)(H,74,95)(H,75,93)(H,76,94)(H,77,87)(H,78,88)(H,79,89)(H,80,90)(H,98,99)(H4,66,67,69)/t32-,33-,34-,35-,36-,37-,38-,39-,40-,41-,42-,43-,46-,47-/m0/s1. The van der Waals surface area contributed by atoms with E-state index < -0.39 is 179 Å². The Morgan fingerprint density at radius 3 is 1.29 bits per heavy atom. The molecular weight excluding hydrogens is 1300 g/mol. The molecule has 0 aromatic carbocycles. The first-order valence-electron chi connectivity index (χ1n) is 33.8. The van der Waals surface area contributed by atoms with Gasteiger partial charge in [0.05, 0.1) is 6.04 Å². The molecule has 14 atom stereocenters. The third kappa shape index (κ3) is 27.5. The molecule has 0 spiro atoms. The molecule has 0 radical (unpaired) electrons. The van der Waals surface area contributed by atoms with E-state index in [4.69, 9.17) is 28.3 Å². The Bertz CT molecular complexity index is 2910. The van der Waals surface area contributed by atoms with Crippen LogP contribution in [0.25, 0.3) is 0 Å². The minimum atomic E-state index is -1.48. The number of likely N-dealkylation sites (tertiary alicyclic amines) is 2. The summed E-state index contributed by atoms with van der Waals surface area (Å²) in [6, 6.07) is -17.1. The van der Waals surface area contributed by atoms with Gasteiger partial charge >= 0.3 is 5.97 Å². The molecule has 3 heterocycles. The number of carbonyl (C=O) groups is 16. The molecule has 3 rings (SSSR count). The van der Waals surface area contributed by atoms with Crippen molar-refractivity contribution in [3.63, 3.8) is 0 Å². The number of unbranched alkanes of at least 4 members (excludes halogenated alkanes) is 1. The van der Waals surface area contributed by atoms with Crippen LogP contribution in [0.3, 0.4) is 0 Å². The number of nitrogens with one attached hydrogen (secondary N) is 14. The Balaban J connectivity index is 1.71. The number of carboxylic acid groups (broad SMARTS) is 1. The van der Waals surface area contributed by atoms with Gasteiger partial charge in [-0.05, 0) is 143 Å².